The minimum Gasteiger partial charge on any atom is -0.339 e. The van der Waals surface area contributed by atoms with Gasteiger partial charge in [0.2, 0.25) is 17.6 Å². The summed E-state index contributed by atoms with van der Waals surface area (Å²) in [6.07, 6.45) is 0.305. The SMILES string of the molecule is Cc1ccc(N2C[C@H](c3nc(-c4ccc(NS(=O)(=O)c5cccs5)cc4)no3)CC2=O)cc1. The van der Waals surface area contributed by atoms with Crippen LogP contribution in [0.2, 0.25) is 0 Å². The number of aryl methyl sites for hydroxylation is 1. The Morgan fingerprint density at radius 3 is 2.55 bits per heavy atom. The van der Waals surface area contributed by atoms with E-state index in [1.807, 2.05) is 31.2 Å². The molecule has 168 valence electrons. The first-order valence-corrected chi connectivity index (χ1v) is 12.6. The monoisotopic (exact) mass is 480 g/mol. The maximum Gasteiger partial charge on any atom is 0.271 e. The summed E-state index contributed by atoms with van der Waals surface area (Å²) in [5.74, 6) is 0.636. The first-order chi connectivity index (χ1) is 15.9. The zero-order valence-electron chi connectivity index (χ0n) is 17.6. The molecule has 33 heavy (non-hydrogen) atoms. The quantitative estimate of drug-likeness (QED) is 0.438. The minimum absolute atomic E-state index is 0.0194. The molecule has 1 aliphatic heterocycles. The predicted molar refractivity (Wildman–Crippen MR) is 126 cm³/mol. The van der Waals surface area contributed by atoms with Crippen LogP contribution in [0.1, 0.15) is 23.8 Å². The number of carbonyl (C=O) groups is 1. The van der Waals surface area contributed by atoms with Crippen molar-refractivity contribution in [2.75, 3.05) is 16.2 Å². The van der Waals surface area contributed by atoms with Crippen molar-refractivity contribution in [3.8, 4) is 11.4 Å². The molecular weight excluding hydrogens is 460 g/mol. The molecule has 4 aromatic rings. The van der Waals surface area contributed by atoms with E-state index >= 15 is 0 Å². The third-order valence-corrected chi connectivity index (χ3v) is 8.20. The van der Waals surface area contributed by atoms with Gasteiger partial charge in [-0.2, -0.15) is 4.98 Å². The molecule has 0 radical (unpaired) electrons. The lowest BCUT2D eigenvalue weighted by Gasteiger charge is -2.16. The Labute approximate surface area is 194 Å². The van der Waals surface area contributed by atoms with Crippen molar-refractivity contribution in [1.29, 1.82) is 0 Å². The van der Waals surface area contributed by atoms with Gasteiger partial charge < -0.3 is 9.42 Å². The topological polar surface area (TPSA) is 105 Å². The summed E-state index contributed by atoms with van der Waals surface area (Å²) in [5.41, 5.74) is 3.11. The number of amides is 1. The van der Waals surface area contributed by atoms with Gasteiger partial charge in [0.15, 0.2) is 0 Å². The molecule has 1 fully saturated rings. The van der Waals surface area contributed by atoms with Crippen LogP contribution in [0.15, 0.2) is 74.8 Å². The number of carbonyl (C=O) groups excluding carboxylic acids is 1. The number of thiophene rings is 1. The molecule has 1 aliphatic rings. The lowest BCUT2D eigenvalue weighted by atomic mass is 10.1. The second kappa shape index (κ2) is 8.45. The van der Waals surface area contributed by atoms with Crippen LogP contribution >= 0.6 is 11.3 Å². The first kappa shape index (κ1) is 21.4. The van der Waals surface area contributed by atoms with Crippen LogP contribution < -0.4 is 9.62 Å². The van der Waals surface area contributed by atoms with E-state index in [0.717, 1.165) is 22.6 Å². The molecule has 1 saturated heterocycles. The van der Waals surface area contributed by atoms with E-state index in [2.05, 4.69) is 14.9 Å². The zero-order valence-corrected chi connectivity index (χ0v) is 19.3. The molecule has 1 N–H and O–H groups in total. The third kappa shape index (κ3) is 4.39. The van der Waals surface area contributed by atoms with Crippen molar-refractivity contribution < 1.29 is 17.7 Å². The number of rotatable bonds is 6. The van der Waals surface area contributed by atoms with Gasteiger partial charge >= 0.3 is 0 Å². The van der Waals surface area contributed by atoms with Gasteiger partial charge in [0.25, 0.3) is 10.0 Å². The maximum atomic E-state index is 12.5. The number of anilines is 2. The Bertz CT molecular complexity index is 1380. The largest absolute Gasteiger partial charge is 0.339 e. The first-order valence-electron chi connectivity index (χ1n) is 10.3. The van der Waals surface area contributed by atoms with E-state index in [0.29, 0.717) is 35.9 Å². The van der Waals surface area contributed by atoms with Crippen LogP contribution in [-0.2, 0) is 14.8 Å². The van der Waals surface area contributed by atoms with Crippen LogP contribution in [0.4, 0.5) is 11.4 Å². The van der Waals surface area contributed by atoms with Crippen LogP contribution in [0, 0.1) is 6.92 Å². The molecule has 0 aliphatic carbocycles. The minimum atomic E-state index is -3.61. The molecule has 0 unspecified atom stereocenters. The molecule has 1 atom stereocenters. The fraction of sp³-hybridized carbons (Fsp3) is 0.174. The Kier molecular flexibility index (Phi) is 5.47. The van der Waals surface area contributed by atoms with Gasteiger partial charge in [0.1, 0.15) is 4.21 Å². The van der Waals surface area contributed by atoms with Crippen LogP contribution in [0.3, 0.4) is 0 Å². The van der Waals surface area contributed by atoms with Crippen molar-refractivity contribution >= 4 is 38.6 Å². The number of hydrogen-bond acceptors (Lipinski definition) is 7. The zero-order chi connectivity index (χ0) is 23.0. The highest BCUT2D eigenvalue weighted by molar-refractivity contribution is 7.94. The summed E-state index contributed by atoms with van der Waals surface area (Å²) in [6.45, 7) is 2.48. The summed E-state index contributed by atoms with van der Waals surface area (Å²) in [5, 5.41) is 5.77. The van der Waals surface area contributed by atoms with Crippen molar-refractivity contribution in [3.05, 3.63) is 77.5 Å². The molecule has 2 aromatic heterocycles. The summed E-state index contributed by atoms with van der Waals surface area (Å²) in [4.78, 5) is 18.8. The fourth-order valence-corrected chi connectivity index (χ4v) is 5.73. The summed E-state index contributed by atoms with van der Waals surface area (Å²) >= 11 is 1.15. The van der Waals surface area contributed by atoms with Crippen molar-refractivity contribution in [3.63, 3.8) is 0 Å². The van der Waals surface area contributed by atoms with Gasteiger partial charge in [-0.25, -0.2) is 8.42 Å². The molecule has 0 bridgehead atoms. The number of nitrogens with one attached hydrogen (secondary N) is 1. The standard InChI is InChI=1S/C23H20N4O4S2/c1-15-4-10-19(11-5-15)27-14-17(13-20(27)28)23-24-22(25-31-23)16-6-8-18(9-7-16)26-33(29,30)21-3-2-12-32-21/h2-12,17,26H,13-14H2,1H3/t17-/m1/s1. The van der Waals surface area contributed by atoms with Gasteiger partial charge in [-0.3, -0.25) is 9.52 Å². The molecule has 0 spiro atoms. The van der Waals surface area contributed by atoms with Gasteiger partial charge in [-0.1, -0.05) is 28.9 Å². The van der Waals surface area contributed by atoms with E-state index in [-0.39, 0.29) is 16.0 Å². The van der Waals surface area contributed by atoms with Crippen LogP contribution in [0.25, 0.3) is 11.4 Å². The van der Waals surface area contributed by atoms with Gasteiger partial charge in [-0.05, 0) is 54.8 Å². The Hall–Kier alpha value is -3.50. The van der Waals surface area contributed by atoms with E-state index in [4.69, 9.17) is 4.52 Å². The highest BCUT2D eigenvalue weighted by Crippen LogP contribution is 2.32. The lowest BCUT2D eigenvalue weighted by molar-refractivity contribution is -0.117. The number of sulfonamides is 1. The Morgan fingerprint density at radius 1 is 1.09 bits per heavy atom. The predicted octanol–water partition coefficient (Wildman–Crippen LogP) is 4.43. The number of hydrogen-bond donors (Lipinski definition) is 1. The summed E-state index contributed by atoms with van der Waals surface area (Å²) in [7, 11) is -3.61. The second-order valence-electron chi connectivity index (χ2n) is 7.81. The molecule has 5 rings (SSSR count). The van der Waals surface area contributed by atoms with Gasteiger partial charge in [-0.15, -0.1) is 11.3 Å². The number of nitrogens with zero attached hydrogens (tertiary/aromatic N) is 3. The van der Waals surface area contributed by atoms with Crippen molar-refractivity contribution in [1.82, 2.24) is 10.1 Å². The summed E-state index contributed by atoms with van der Waals surface area (Å²) < 4.78 is 33.0. The molecular formula is C23H20N4O4S2. The Morgan fingerprint density at radius 2 is 1.85 bits per heavy atom. The smallest absolute Gasteiger partial charge is 0.271 e. The molecule has 10 heteroatoms. The number of aromatic nitrogens is 2. The van der Waals surface area contributed by atoms with Crippen molar-refractivity contribution in [2.45, 2.75) is 23.5 Å². The summed E-state index contributed by atoms with van der Waals surface area (Å²) in [6, 6.07) is 17.8. The van der Waals surface area contributed by atoms with E-state index in [1.54, 1.807) is 46.7 Å². The average Bonchev–Trinajstić information content (AvgIpc) is 3.56. The van der Waals surface area contributed by atoms with E-state index in [1.165, 1.54) is 0 Å². The number of benzene rings is 2. The van der Waals surface area contributed by atoms with Gasteiger partial charge in [0, 0.05) is 29.9 Å². The van der Waals surface area contributed by atoms with Crippen LogP contribution in [0.5, 0.6) is 0 Å². The molecule has 8 nitrogen and oxygen atoms in total. The van der Waals surface area contributed by atoms with Crippen LogP contribution in [-0.4, -0.2) is 31.0 Å². The third-order valence-electron chi connectivity index (χ3n) is 5.42. The van der Waals surface area contributed by atoms with Crippen molar-refractivity contribution in [2.24, 2.45) is 0 Å². The van der Waals surface area contributed by atoms with Gasteiger partial charge in [0.05, 0.1) is 5.92 Å². The van der Waals surface area contributed by atoms with E-state index in [9.17, 15) is 13.2 Å². The van der Waals surface area contributed by atoms with E-state index < -0.39 is 10.0 Å². The fourth-order valence-electron chi connectivity index (χ4n) is 3.67. The highest BCUT2D eigenvalue weighted by atomic mass is 32.2. The highest BCUT2D eigenvalue weighted by Gasteiger charge is 2.35. The molecule has 2 aromatic carbocycles. The lowest BCUT2D eigenvalue weighted by Crippen LogP contribution is -2.24. The second-order valence-corrected chi connectivity index (χ2v) is 10.7. The molecule has 3 heterocycles. The average molecular weight is 481 g/mol. The normalized spacial score (nSPS) is 16.3. The molecule has 0 saturated carbocycles. The Balaban J connectivity index is 1.29. The molecule has 1 amide bonds. The maximum absolute atomic E-state index is 12.5.